The molecule has 3 rings (SSSR count). The van der Waals surface area contributed by atoms with Crippen molar-refractivity contribution in [2.75, 3.05) is 0 Å². The van der Waals surface area contributed by atoms with E-state index in [0.29, 0.717) is 16.0 Å². The molecule has 0 amide bonds. The number of fused-ring (bicyclic) bond motifs is 1. The molecule has 0 aliphatic carbocycles. The second kappa shape index (κ2) is 5.72. The van der Waals surface area contributed by atoms with Gasteiger partial charge >= 0.3 is 15.7 Å². The summed E-state index contributed by atoms with van der Waals surface area (Å²) in [6, 6.07) is 11.9. The van der Waals surface area contributed by atoms with Crippen LogP contribution in [-0.2, 0) is 10.1 Å². The van der Waals surface area contributed by atoms with Gasteiger partial charge in [0.1, 0.15) is 16.2 Å². The van der Waals surface area contributed by atoms with E-state index >= 15 is 0 Å². The van der Waals surface area contributed by atoms with Crippen molar-refractivity contribution < 1.29 is 17.0 Å². The summed E-state index contributed by atoms with van der Waals surface area (Å²) >= 11 is 5.95. The fourth-order valence-electron chi connectivity index (χ4n) is 2.12. The summed E-state index contributed by atoms with van der Waals surface area (Å²) in [4.78, 5) is 11.2. The Labute approximate surface area is 137 Å². The molecule has 0 radical (unpaired) electrons. The Balaban J connectivity index is 2.03. The molecule has 118 valence electrons. The molecule has 1 aromatic heterocycles. The van der Waals surface area contributed by atoms with E-state index in [-0.39, 0.29) is 16.2 Å². The molecular formula is C16H11ClO5S. The zero-order valence-corrected chi connectivity index (χ0v) is 13.5. The Morgan fingerprint density at radius 3 is 2.61 bits per heavy atom. The second-order valence-corrected chi connectivity index (χ2v) is 6.78. The SMILES string of the molecule is Cc1c(Cl)cccc1S(=O)(=O)Oc1ccc2ccc(=O)oc2c1. The third-order valence-electron chi connectivity index (χ3n) is 3.29. The molecule has 0 aliphatic rings. The van der Waals surface area contributed by atoms with Crippen molar-refractivity contribution in [1.29, 1.82) is 0 Å². The van der Waals surface area contributed by atoms with Crippen LogP contribution in [0.3, 0.4) is 0 Å². The summed E-state index contributed by atoms with van der Waals surface area (Å²) in [6.45, 7) is 1.60. The lowest BCUT2D eigenvalue weighted by atomic mass is 10.2. The van der Waals surface area contributed by atoms with Crippen LogP contribution in [0.15, 0.2) is 62.6 Å². The lowest BCUT2D eigenvalue weighted by Gasteiger charge is -2.10. The van der Waals surface area contributed by atoms with Gasteiger partial charge in [0.2, 0.25) is 0 Å². The molecule has 5 nitrogen and oxygen atoms in total. The van der Waals surface area contributed by atoms with Crippen molar-refractivity contribution in [3.8, 4) is 5.75 Å². The summed E-state index contributed by atoms with van der Waals surface area (Å²) in [5.41, 5.74) is 0.123. The highest BCUT2D eigenvalue weighted by atomic mass is 35.5. The standard InChI is InChI=1S/C16H11ClO5S/c1-10-13(17)3-2-4-15(10)23(19,20)22-12-7-5-11-6-8-16(18)21-14(11)9-12/h2-9H,1H3. The highest BCUT2D eigenvalue weighted by Gasteiger charge is 2.20. The summed E-state index contributed by atoms with van der Waals surface area (Å²) in [5.74, 6) is 0.0474. The summed E-state index contributed by atoms with van der Waals surface area (Å²) in [5, 5.41) is 0.993. The van der Waals surface area contributed by atoms with E-state index in [0.717, 1.165) is 0 Å². The van der Waals surface area contributed by atoms with Crippen LogP contribution in [0.25, 0.3) is 11.0 Å². The van der Waals surface area contributed by atoms with Crippen LogP contribution in [0, 0.1) is 6.92 Å². The molecule has 2 aromatic carbocycles. The number of hydrogen-bond donors (Lipinski definition) is 0. The maximum absolute atomic E-state index is 12.4. The average Bonchev–Trinajstić information content (AvgIpc) is 2.49. The molecule has 0 bridgehead atoms. The largest absolute Gasteiger partial charge is 0.423 e. The first kappa shape index (κ1) is 15.6. The van der Waals surface area contributed by atoms with Gasteiger partial charge in [-0.1, -0.05) is 17.7 Å². The molecule has 7 heteroatoms. The predicted octanol–water partition coefficient (Wildman–Crippen LogP) is 3.52. The minimum atomic E-state index is -4.05. The van der Waals surface area contributed by atoms with E-state index in [2.05, 4.69) is 0 Å². The second-order valence-electron chi connectivity index (χ2n) is 4.85. The van der Waals surface area contributed by atoms with Gasteiger partial charge in [-0.15, -0.1) is 0 Å². The van der Waals surface area contributed by atoms with Gasteiger partial charge in [0, 0.05) is 22.5 Å². The van der Waals surface area contributed by atoms with Gasteiger partial charge in [-0.05, 0) is 42.8 Å². The smallest absolute Gasteiger partial charge is 0.339 e. The maximum Gasteiger partial charge on any atom is 0.339 e. The number of hydrogen-bond acceptors (Lipinski definition) is 5. The third kappa shape index (κ3) is 3.09. The zero-order chi connectivity index (χ0) is 16.6. The minimum absolute atomic E-state index is 0.0142. The molecule has 0 atom stereocenters. The summed E-state index contributed by atoms with van der Waals surface area (Å²) in [7, 11) is -4.05. The Morgan fingerprint density at radius 2 is 1.83 bits per heavy atom. The van der Waals surface area contributed by atoms with Crippen LogP contribution in [0.1, 0.15) is 5.56 Å². The van der Waals surface area contributed by atoms with Crippen LogP contribution in [0.4, 0.5) is 0 Å². The van der Waals surface area contributed by atoms with E-state index in [9.17, 15) is 13.2 Å². The monoisotopic (exact) mass is 350 g/mol. The molecule has 23 heavy (non-hydrogen) atoms. The summed E-state index contributed by atoms with van der Waals surface area (Å²) < 4.78 is 34.9. The van der Waals surface area contributed by atoms with E-state index in [4.69, 9.17) is 20.2 Å². The van der Waals surface area contributed by atoms with Gasteiger partial charge in [-0.2, -0.15) is 8.42 Å². The van der Waals surface area contributed by atoms with Crippen molar-refractivity contribution >= 4 is 32.7 Å². The number of benzene rings is 2. The molecule has 1 heterocycles. The Kier molecular flexibility index (Phi) is 3.87. The molecule has 0 spiro atoms. The van der Waals surface area contributed by atoms with Gasteiger partial charge in [0.15, 0.2) is 0 Å². The van der Waals surface area contributed by atoms with E-state index in [1.807, 2.05) is 0 Å². The summed E-state index contributed by atoms with van der Waals surface area (Å²) in [6.07, 6.45) is 0. The fraction of sp³-hybridized carbons (Fsp3) is 0.0625. The van der Waals surface area contributed by atoms with Crippen LogP contribution in [-0.4, -0.2) is 8.42 Å². The first-order valence-electron chi connectivity index (χ1n) is 6.60. The van der Waals surface area contributed by atoms with E-state index in [1.54, 1.807) is 25.1 Å². The Hall–Kier alpha value is -2.31. The lowest BCUT2D eigenvalue weighted by molar-refractivity contribution is 0.484. The van der Waals surface area contributed by atoms with Crippen molar-refractivity contribution in [2.24, 2.45) is 0 Å². The van der Waals surface area contributed by atoms with Crippen molar-refractivity contribution in [2.45, 2.75) is 11.8 Å². The van der Waals surface area contributed by atoms with Gasteiger partial charge in [-0.3, -0.25) is 0 Å². The molecule has 0 N–H and O–H groups in total. The van der Waals surface area contributed by atoms with Crippen LogP contribution in [0.5, 0.6) is 5.75 Å². The topological polar surface area (TPSA) is 73.6 Å². The van der Waals surface area contributed by atoms with Crippen molar-refractivity contribution in [3.63, 3.8) is 0 Å². The molecule has 0 aliphatic heterocycles. The van der Waals surface area contributed by atoms with Crippen molar-refractivity contribution in [3.05, 3.63) is 69.5 Å². The Morgan fingerprint density at radius 1 is 1.09 bits per heavy atom. The Bertz CT molecular complexity index is 1050. The van der Waals surface area contributed by atoms with E-state index < -0.39 is 15.7 Å². The highest BCUT2D eigenvalue weighted by Crippen LogP contribution is 2.27. The van der Waals surface area contributed by atoms with E-state index in [1.165, 1.54) is 30.3 Å². The molecular weight excluding hydrogens is 340 g/mol. The van der Waals surface area contributed by atoms with Gasteiger partial charge in [-0.25, -0.2) is 4.79 Å². The average molecular weight is 351 g/mol. The van der Waals surface area contributed by atoms with Crippen LogP contribution >= 0.6 is 11.6 Å². The predicted molar refractivity (Wildman–Crippen MR) is 86.5 cm³/mol. The third-order valence-corrected chi connectivity index (χ3v) is 5.09. The minimum Gasteiger partial charge on any atom is -0.423 e. The molecule has 0 saturated heterocycles. The quantitative estimate of drug-likeness (QED) is 0.533. The van der Waals surface area contributed by atoms with Crippen molar-refractivity contribution in [1.82, 2.24) is 0 Å². The van der Waals surface area contributed by atoms with Gasteiger partial charge < -0.3 is 8.60 Å². The highest BCUT2D eigenvalue weighted by molar-refractivity contribution is 7.87. The lowest BCUT2D eigenvalue weighted by Crippen LogP contribution is -2.11. The van der Waals surface area contributed by atoms with Gasteiger partial charge in [0.05, 0.1) is 0 Å². The molecule has 0 saturated carbocycles. The maximum atomic E-state index is 12.4. The van der Waals surface area contributed by atoms with Gasteiger partial charge in [0.25, 0.3) is 0 Å². The number of rotatable bonds is 3. The molecule has 3 aromatic rings. The first-order valence-corrected chi connectivity index (χ1v) is 8.39. The first-order chi connectivity index (χ1) is 10.9. The fourth-order valence-corrected chi connectivity index (χ4v) is 3.53. The van der Waals surface area contributed by atoms with Crippen LogP contribution < -0.4 is 9.81 Å². The normalized spacial score (nSPS) is 11.6. The number of halogens is 1. The molecule has 0 fully saturated rings. The molecule has 0 unspecified atom stereocenters. The zero-order valence-electron chi connectivity index (χ0n) is 11.9. The van der Waals surface area contributed by atoms with Crippen LogP contribution in [0.2, 0.25) is 5.02 Å².